The second-order valence-electron chi connectivity index (χ2n) is 6.81. The number of nitroso groups, excluding NO2 is 1. The zero-order valence-electron chi connectivity index (χ0n) is 12.7. The van der Waals surface area contributed by atoms with Crippen LogP contribution in [0.5, 0.6) is 5.75 Å². The molecular weight excluding hydrogens is 280 g/mol. The molecule has 3 aliphatic rings. The molecule has 1 saturated heterocycles. The van der Waals surface area contributed by atoms with Crippen molar-refractivity contribution >= 4 is 5.78 Å². The first-order valence-corrected chi connectivity index (χ1v) is 7.97. The third-order valence-corrected chi connectivity index (χ3v) is 5.98. The van der Waals surface area contributed by atoms with Crippen molar-refractivity contribution in [2.75, 3.05) is 13.7 Å². The van der Waals surface area contributed by atoms with Crippen LogP contribution in [0.2, 0.25) is 0 Å². The summed E-state index contributed by atoms with van der Waals surface area (Å²) in [5, 5.41) is 4.97. The fourth-order valence-electron chi connectivity index (χ4n) is 5.01. The smallest absolute Gasteiger partial charge is 0.133 e. The average molecular weight is 300 g/mol. The summed E-state index contributed by atoms with van der Waals surface area (Å²) in [6.45, 7) is 0.647. The maximum absolute atomic E-state index is 12.2. The molecule has 2 fully saturated rings. The maximum atomic E-state index is 12.2. The Balaban J connectivity index is 1.89. The lowest BCUT2D eigenvalue weighted by Crippen LogP contribution is -2.60. The van der Waals surface area contributed by atoms with Crippen molar-refractivity contribution in [3.05, 3.63) is 34.2 Å². The minimum atomic E-state index is -0.122. The van der Waals surface area contributed by atoms with E-state index in [1.165, 1.54) is 11.1 Å². The Kier molecular flexibility index (Phi) is 2.99. The highest BCUT2D eigenvalue weighted by Crippen LogP contribution is 2.55. The number of ether oxygens (including phenoxy) is 1. The lowest BCUT2D eigenvalue weighted by molar-refractivity contribution is -0.127. The molecule has 22 heavy (non-hydrogen) atoms. The number of fused-ring (bicyclic) bond motifs is 1. The van der Waals surface area contributed by atoms with E-state index in [1.54, 1.807) is 12.1 Å². The Morgan fingerprint density at radius 1 is 1.41 bits per heavy atom. The van der Waals surface area contributed by atoms with Crippen LogP contribution in [0.1, 0.15) is 36.8 Å². The van der Waals surface area contributed by atoms with Crippen molar-refractivity contribution in [2.24, 2.45) is 11.2 Å². The molecule has 3 atom stereocenters. The maximum Gasteiger partial charge on any atom is 0.133 e. The quantitative estimate of drug-likeness (QED) is 0.788. The van der Waals surface area contributed by atoms with Gasteiger partial charge in [0.1, 0.15) is 11.5 Å². The summed E-state index contributed by atoms with van der Waals surface area (Å²) < 4.78 is 5.40. The molecule has 0 aromatic heterocycles. The van der Waals surface area contributed by atoms with Gasteiger partial charge >= 0.3 is 0 Å². The second kappa shape index (κ2) is 4.80. The van der Waals surface area contributed by atoms with E-state index in [-0.39, 0.29) is 11.5 Å². The Morgan fingerprint density at radius 2 is 2.27 bits per heavy atom. The number of nitrogens with zero attached hydrogens (tertiary/aromatic N) is 2. The number of Topliss-reactive ketones (excluding diaryl/α,β-unsaturated/α-hetero) is 1. The predicted octanol–water partition coefficient (Wildman–Crippen LogP) is 2.61. The van der Waals surface area contributed by atoms with Crippen LogP contribution >= 0.6 is 0 Å². The number of methoxy groups -OCH3 is 1. The molecule has 0 spiro atoms. The van der Waals surface area contributed by atoms with Crippen molar-refractivity contribution in [1.29, 1.82) is 0 Å². The van der Waals surface area contributed by atoms with Gasteiger partial charge in [0.2, 0.25) is 0 Å². The molecule has 116 valence electrons. The van der Waals surface area contributed by atoms with Crippen LogP contribution in [0.3, 0.4) is 0 Å². The standard InChI is InChI=1S/C17H20N2O3/c1-22-13-4-2-11-8-16-14-5-3-12(20)10-17(14,15(11)9-13)6-7-19(16)18-21/h2,4,9,14,16H,3,5-8,10H2,1H3/t14-,16+,17-/m0/s1. The number of carbonyl (C=O) groups is 1. The molecule has 0 unspecified atom stereocenters. The van der Waals surface area contributed by atoms with Crippen LogP contribution in [0.4, 0.5) is 0 Å². The molecule has 1 aromatic carbocycles. The topological polar surface area (TPSA) is 59.0 Å². The molecule has 1 aliphatic heterocycles. The number of benzene rings is 1. The molecule has 4 rings (SSSR count). The molecule has 0 amide bonds. The summed E-state index contributed by atoms with van der Waals surface area (Å²) in [6.07, 6.45) is 3.76. The van der Waals surface area contributed by atoms with Gasteiger partial charge in [0, 0.05) is 24.8 Å². The lowest BCUT2D eigenvalue weighted by Gasteiger charge is -2.56. The zero-order chi connectivity index (χ0) is 15.3. The number of hydrogen-bond acceptors (Lipinski definition) is 4. The summed E-state index contributed by atoms with van der Waals surface area (Å²) in [6, 6.07) is 6.31. The van der Waals surface area contributed by atoms with Crippen molar-refractivity contribution in [3.63, 3.8) is 0 Å². The molecule has 1 aromatic rings. The second-order valence-corrected chi connectivity index (χ2v) is 6.81. The predicted molar refractivity (Wildman–Crippen MR) is 81.6 cm³/mol. The molecule has 5 heteroatoms. The first-order chi connectivity index (χ1) is 10.7. The molecule has 1 saturated carbocycles. The van der Waals surface area contributed by atoms with E-state index >= 15 is 0 Å². The van der Waals surface area contributed by atoms with Crippen LogP contribution in [0.25, 0.3) is 0 Å². The van der Waals surface area contributed by atoms with Crippen LogP contribution in [-0.4, -0.2) is 30.5 Å². The summed E-state index contributed by atoms with van der Waals surface area (Å²) >= 11 is 0. The summed E-state index contributed by atoms with van der Waals surface area (Å²) in [7, 11) is 1.67. The van der Waals surface area contributed by atoms with Gasteiger partial charge in [-0.05, 0) is 48.4 Å². The number of piperidine rings is 1. The Hall–Kier alpha value is -1.91. The van der Waals surface area contributed by atoms with Gasteiger partial charge < -0.3 is 4.74 Å². The van der Waals surface area contributed by atoms with Gasteiger partial charge in [-0.15, -0.1) is 4.91 Å². The van der Waals surface area contributed by atoms with Crippen LogP contribution in [-0.2, 0) is 16.6 Å². The van der Waals surface area contributed by atoms with Gasteiger partial charge in [0.05, 0.1) is 18.4 Å². The normalized spacial score (nSPS) is 33.0. The Bertz CT molecular complexity index is 645. The van der Waals surface area contributed by atoms with E-state index in [4.69, 9.17) is 4.74 Å². The van der Waals surface area contributed by atoms with Crippen molar-refractivity contribution < 1.29 is 9.53 Å². The minimum Gasteiger partial charge on any atom is -0.497 e. The molecule has 0 N–H and O–H groups in total. The summed E-state index contributed by atoms with van der Waals surface area (Å²) in [5.74, 6) is 1.54. The van der Waals surface area contributed by atoms with Crippen molar-refractivity contribution in [3.8, 4) is 5.75 Å². The van der Waals surface area contributed by atoms with Crippen LogP contribution < -0.4 is 4.74 Å². The van der Waals surface area contributed by atoms with E-state index in [0.717, 1.165) is 25.0 Å². The summed E-state index contributed by atoms with van der Waals surface area (Å²) in [5.41, 5.74) is 2.39. The number of hydrogen-bond donors (Lipinski definition) is 0. The van der Waals surface area contributed by atoms with Gasteiger partial charge in [-0.25, -0.2) is 0 Å². The minimum absolute atomic E-state index is 0.122. The van der Waals surface area contributed by atoms with E-state index < -0.39 is 0 Å². The van der Waals surface area contributed by atoms with E-state index in [2.05, 4.69) is 17.4 Å². The van der Waals surface area contributed by atoms with Gasteiger partial charge in [-0.2, -0.15) is 0 Å². The SMILES string of the molecule is COc1ccc2c(c1)[C@]13CCN(N=O)[C@H](C2)[C@@H]1CCC(=O)C3. The molecule has 2 bridgehead atoms. The molecule has 0 radical (unpaired) electrons. The Labute approximate surface area is 129 Å². The largest absolute Gasteiger partial charge is 0.497 e. The first kappa shape index (κ1) is 13.7. The van der Waals surface area contributed by atoms with Crippen LogP contribution in [0.15, 0.2) is 23.5 Å². The third kappa shape index (κ3) is 1.74. The molecular formula is C17H20N2O3. The van der Waals surface area contributed by atoms with E-state index in [0.29, 0.717) is 31.1 Å². The Morgan fingerprint density at radius 3 is 3.05 bits per heavy atom. The average Bonchev–Trinajstić information content (AvgIpc) is 2.54. The number of carbonyl (C=O) groups excluding carboxylic acids is 1. The highest BCUT2D eigenvalue weighted by Gasteiger charge is 2.56. The van der Waals surface area contributed by atoms with Gasteiger partial charge in [-0.3, -0.25) is 9.80 Å². The van der Waals surface area contributed by atoms with Gasteiger partial charge in [-0.1, -0.05) is 6.07 Å². The molecule has 2 aliphatic carbocycles. The first-order valence-electron chi connectivity index (χ1n) is 7.97. The molecule has 5 nitrogen and oxygen atoms in total. The monoisotopic (exact) mass is 300 g/mol. The number of rotatable bonds is 2. The van der Waals surface area contributed by atoms with Crippen molar-refractivity contribution in [2.45, 2.75) is 43.6 Å². The lowest BCUT2D eigenvalue weighted by atomic mass is 9.52. The fraction of sp³-hybridized carbons (Fsp3) is 0.588. The number of ketones is 1. The van der Waals surface area contributed by atoms with E-state index in [1.807, 2.05) is 6.07 Å². The zero-order valence-corrected chi connectivity index (χ0v) is 12.7. The van der Waals surface area contributed by atoms with Gasteiger partial charge in [0.25, 0.3) is 0 Å². The summed E-state index contributed by atoms with van der Waals surface area (Å²) in [4.78, 5) is 23.4. The van der Waals surface area contributed by atoms with Crippen molar-refractivity contribution in [1.82, 2.24) is 5.01 Å². The fourth-order valence-corrected chi connectivity index (χ4v) is 5.01. The molecule has 1 heterocycles. The highest BCUT2D eigenvalue weighted by molar-refractivity contribution is 5.81. The van der Waals surface area contributed by atoms with E-state index in [9.17, 15) is 9.70 Å². The highest BCUT2D eigenvalue weighted by atomic mass is 16.5. The van der Waals surface area contributed by atoms with Crippen LogP contribution in [0, 0.1) is 10.8 Å². The van der Waals surface area contributed by atoms with Gasteiger partial charge in [0.15, 0.2) is 0 Å². The third-order valence-electron chi connectivity index (χ3n) is 5.98.